The predicted molar refractivity (Wildman–Crippen MR) is 77.4 cm³/mol. The van der Waals surface area contributed by atoms with Crippen molar-refractivity contribution in [3.63, 3.8) is 0 Å². The summed E-state index contributed by atoms with van der Waals surface area (Å²) in [5.41, 5.74) is 0.706. The van der Waals surface area contributed by atoms with Crippen LogP contribution in [0.5, 0.6) is 0 Å². The van der Waals surface area contributed by atoms with Crippen molar-refractivity contribution in [3.05, 3.63) is 35.6 Å². The van der Waals surface area contributed by atoms with Gasteiger partial charge in [-0.3, -0.25) is 0 Å². The smallest absolute Gasteiger partial charge is 0.214 e. The molecule has 112 valence electrons. The van der Waals surface area contributed by atoms with E-state index in [0.29, 0.717) is 31.6 Å². The molecule has 1 aliphatic rings. The molecule has 2 rings (SSSR count). The van der Waals surface area contributed by atoms with E-state index >= 15 is 0 Å². The molecular weight excluding hydrogens is 279 g/mol. The summed E-state index contributed by atoms with van der Waals surface area (Å²) in [6.45, 7) is 3.57. The zero-order valence-corrected chi connectivity index (χ0v) is 12.5. The highest BCUT2D eigenvalue weighted by Crippen LogP contribution is 2.26. The second-order valence-corrected chi connectivity index (χ2v) is 7.10. The minimum Gasteiger partial charge on any atom is -0.313 e. The quantitative estimate of drug-likeness (QED) is 0.903. The summed E-state index contributed by atoms with van der Waals surface area (Å²) < 4.78 is 39.7. The second-order valence-electron chi connectivity index (χ2n) is 5.06. The van der Waals surface area contributed by atoms with E-state index in [-0.39, 0.29) is 17.6 Å². The van der Waals surface area contributed by atoms with Gasteiger partial charge < -0.3 is 5.32 Å². The van der Waals surface area contributed by atoms with Crippen molar-refractivity contribution in [2.75, 3.05) is 25.4 Å². The maximum Gasteiger partial charge on any atom is 0.214 e. The maximum atomic E-state index is 13.4. The van der Waals surface area contributed by atoms with Crippen molar-refractivity contribution in [2.24, 2.45) is 0 Å². The van der Waals surface area contributed by atoms with Crippen LogP contribution in [0, 0.1) is 5.82 Å². The van der Waals surface area contributed by atoms with Crippen molar-refractivity contribution in [2.45, 2.75) is 25.8 Å². The summed E-state index contributed by atoms with van der Waals surface area (Å²) in [4.78, 5) is 0. The zero-order chi connectivity index (χ0) is 14.6. The Labute approximate surface area is 120 Å². The lowest BCUT2D eigenvalue weighted by Gasteiger charge is -2.35. The summed E-state index contributed by atoms with van der Waals surface area (Å²) in [5.74, 6) is -0.172. The van der Waals surface area contributed by atoms with E-state index in [0.717, 1.165) is 6.42 Å². The highest BCUT2D eigenvalue weighted by atomic mass is 32.2. The van der Waals surface area contributed by atoms with Crippen molar-refractivity contribution >= 4 is 10.0 Å². The molecule has 1 atom stereocenters. The van der Waals surface area contributed by atoms with E-state index in [9.17, 15) is 12.8 Å². The molecule has 1 heterocycles. The van der Waals surface area contributed by atoms with Crippen LogP contribution in [0.4, 0.5) is 4.39 Å². The largest absolute Gasteiger partial charge is 0.313 e. The molecule has 20 heavy (non-hydrogen) atoms. The van der Waals surface area contributed by atoms with Crippen LogP contribution >= 0.6 is 0 Å². The lowest BCUT2D eigenvalue weighted by atomic mass is 10.1. The molecule has 1 unspecified atom stereocenters. The molecule has 0 saturated carbocycles. The van der Waals surface area contributed by atoms with Gasteiger partial charge in [0.2, 0.25) is 10.0 Å². The van der Waals surface area contributed by atoms with Crippen molar-refractivity contribution in [1.82, 2.24) is 9.62 Å². The monoisotopic (exact) mass is 300 g/mol. The third kappa shape index (κ3) is 3.56. The predicted octanol–water partition coefficient (Wildman–Crippen LogP) is 1.90. The van der Waals surface area contributed by atoms with Crippen LogP contribution in [-0.4, -0.2) is 38.1 Å². The Morgan fingerprint density at radius 2 is 2.25 bits per heavy atom. The number of nitrogens with zero attached hydrogens (tertiary/aromatic N) is 1. The van der Waals surface area contributed by atoms with E-state index < -0.39 is 10.0 Å². The van der Waals surface area contributed by atoms with Gasteiger partial charge >= 0.3 is 0 Å². The molecule has 1 fully saturated rings. The summed E-state index contributed by atoms with van der Waals surface area (Å²) >= 11 is 0. The number of nitrogens with one attached hydrogen (secondary N) is 1. The number of hydrogen-bond donors (Lipinski definition) is 1. The standard InChI is InChI=1S/C14H21FN2O2S/c1-2-3-9-20(18,19)17-8-7-16-11-14(17)12-5-4-6-13(15)10-12/h4-6,10,14,16H,2-3,7-9,11H2,1H3. The van der Waals surface area contributed by atoms with E-state index in [1.54, 1.807) is 12.1 Å². The third-order valence-electron chi connectivity index (χ3n) is 3.54. The zero-order valence-electron chi connectivity index (χ0n) is 11.7. The summed E-state index contributed by atoms with van der Waals surface area (Å²) in [6, 6.07) is 5.87. The minimum absolute atomic E-state index is 0.162. The van der Waals surface area contributed by atoms with E-state index in [1.165, 1.54) is 16.4 Å². The topological polar surface area (TPSA) is 49.4 Å². The highest BCUT2D eigenvalue weighted by molar-refractivity contribution is 7.89. The Bertz CT molecular complexity index is 548. The van der Waals surface area contributed by atoms with Crippen LogP contribution in [0.25, 0.3) is 0 Å². The molecule has 1 N–H and O–H groups in total. The van der Waals surface area contributed by atoms with Crippen molar-refractivity contribution in [3.8, 4) is 0 Å². The molecule has 0 spiro atoms. The molecule has 0 amide bonds. The molecule has 0 radical (unpaired) electrons. The fraction of sp³-hybridized carbons (Fsp3) is 0.571. The molecular formula is C14H21FN2O2S. The Balaban J connectivity index is 2.25. The van der Waals surface area contributed by atoms with E-state index in [4.69, 9.17) is 0 Å². The Kier molecular flexibility index (Phi) is 5.12. The molecule has 1 aliphatic heterocycles. The Hall–Kier alpha value is -0.980. The van der Waals surface area contributed by atoms with Crippen LogP contribution in [-0.2, 0) is 10.0 Å². The fourth-order valence-corrected chi connectivity index (χ4v) is 4.30. The summed E-state index contributed by atoms with van der Waals surface area (Å²) in [7, 11) is -3.28. The van der Waals surface area contributed by atoms with Gasteiger partial charge in [-0.2, -0.15) is 4.31 Å². The number of halogens is 1. The Morgan fingerprint density at radius 1 is 1.45 bits per heavy atom. The molecule has 1 saturated heterocycles. The number of unbranched alkanes of at least 4 members (excludes halogenated alkanes) is 1. The fourth-order valence-electron chi connectivity index (χ4n) is 2.46. The lowest BCUT2D eigenvalue weighted by molar-refractivity contribution is 0.271. The highest BCUT2D eigenvalue weighted by Gasteiger charge is 2.32. The molecule has 0 bridgehead atoms. The summed E-state index contributed by atoms with van der Waals surface area (Å²) in [6.07, 6.45) is 1.50. The first-order chi connectivity index (χ1) is 9.54. The first-order valence-electron chi connectivity index (χ1n) is 7.00. The average molecular weight is 300 g/mol. The van der Waals surface area contributed by atoms with Crippen LogP contribution < -0.4 is 5.32 Å². The van der Waals surface area contributed by atoms with Gasteiger partial charge in [0.25, 0.3) is 0 Å². The molecule has 0 aromatic heterocycles. The molecule has 1 aromatic rings. The first kappa shape index (κ1) is 15.4. The van der Waals surface area contributed by atoms with Gasteiger partial charge in [-0.25, -0.2) is 12.8 Å². The maximum absolute atomic E-state index is 13.4. The van der Waals surface area contributed by atoms with E-state index in [2.05, 4.69) is 5.32 Å². The number of sulfonamides is 1. The van der Waals surface area contributed by atoms with Crippen LogP contribution in [0.1, 0.15) is 31.4 Å². The van der Waals surface area contributed by atoms with Gasteiger partial charge in [0.05, 0.1) is 11.8 Å². The molecule has 1 aromatic carbocycles. The number of piperazine rings is 1. The van der Waals surface area contributed by atoms with Gasteiger partial charge in [-0.15, -0.1) is 0 Å². The van der Waals surface area contributed by atoms with Crippen LogP contribution in [0.3, 0.4) is 0 Å². The minimum atomic E-state index is -3.28. The lowest BCUT2D eigenvalue weighted by Crippen LogP contribution is -2.49. The van der Waals surface area contributed by atoms with Gasteiger partial charge in [0, 0.05) is 19.6 Å². The number of hydrogen-bond acceptors (Lipinski definition) is 3. The second kappa shape index (κ2) is 6.65. The van der Waals surface area contributed by atoms with Gasteiger partial charge in [0.15, 0.2) is 0 Å². The summed E-state index contributed by atoms with van der Waals surface area (Å²) in [5, 5.41) is 3.18. The van der Waals surface area contributed by atoms with Gasteiger partial charge in [-0.1, -0.05) is 25.5 Å². The van der Waals surface area contributed by atoms with Crippen LogP contribution in [0.15, 0.2) is 24.3 Å². The van der Waals surface area contributed by atoms with E-state index in [1.807, 2.05) is 6.92 Å². The van der Waals surface area contributed by atoms with Crippen LogP contribution in [0.2, 0.25) is 0 Å². The van der Waals surface area contributed by atoms with Gasteiger partial charge in [0.1, 0.15) is 5.82 Å². The van der Waals surface area contributed by atoms with Gasteiger partial charge in [-0.05, 0) is 24.1 Å². The third-order valence-corrected chi connectivity index (χ3v) is 5.50. The SMILES string of the molecule is CCCCS(=O)(=O)N1CCNCC1c1cccc(F)c1. The Morgan fingerprint density at radius 3 is 2.95 bits per heavy atom. The first-order valence-corrected chi connectivity index (χ1v) is 8.61. The average Bonchev–Trinajstić information content (AvgIpc) is 2.45. The molecule has 0 aliphatic carbocycles. The molecule has 4 nitrogen and oxygen atoms in total. The molecule has 6 heteroatoms. The number of benzene rings is 1. The van der Waals surface area contributed by atoms with Crippen molar-refractivity contribution in [1.29, 1.82) is 0 Å². The van der Waals surface area contributed by atoms with Crippen molar-refractivity contribution < 1.29 is 12.8 Å². The number of rotatable bonds is 5. The normalized spacial score (nSPS) is 21.0.